The van der Waals surface area contributed by atoms with Crippen molar-refractivity contribution >= 4 is 35.1 Å². The average Bonchev–Trinajstić information content (AvgIpc) is 2.76. The van der Waals surface area contributed by atoms with E-state index in [0.717, 1.165) is 25.3 Å². The number of methoxy groups -OCH3 is 1. The van der Waals surface area contributed by atoms with Crippen LogP contribution in [0.3, 0.4) is 0 Å². The van der Waals surface area contributed by atoms with Crippen molar-refractivity contribution in [3.63, 3.8) is 0 Å². The molecular weight excluding hydrogens is 505 g/mol. The Morgan fingerprint density at radius 3 is 1.52 bits per heavy atom. The molecule has 0 N–H and O–H groups in total. The lowest BCUT2D eigenvalue weighted by Gasteiger charge is -2.10. The monoisotopic (exact) mass is 520 g/mol. The molecule has 0 fully saturated rings. The van der Waals surface area contributed by atoms with Crippen molar-refractivity contribution in [1.29, 1.82) is 0 Å². The molecular formula is C19H16Cl2F6N2O4. The second-order valence-corrected chi connectivity index (χ2v) is 6.39. The summed E-state index contributed by atoms with van der Waals surface area (Å²) >= 11 is 10.9. The summed E-state index contributed by atoms with van der Waals surface area (Å²) in [6.45, 7) is 1.72. The van der Waals surface area contributed by atoms with Gasteiger partial charge in [-0.1, -0.05) is 0 Å². The number of hydrogen-bond donors (Lipinski definition) is 0. The number of esters is 2. The minimum absolute atomic E-state index is 0.0464. The van der Waals surface area contributed by atoms with Crippen molar-refractivity contribution in [1.82, 2.24) is 9.97 Å². The van der Waals surface area contributed by atoms with Gasteiger partial charge in [-0.2, -0.15) is 26.3 Å². The zero-order valence-electron chi connectivity index (χ0n) is 17.0. The van der Waals surface area contributed by atoms with Crippen molar-refractivity contribution in [2.75, 3.05) is 13.7 Å². The average molecular weight is 521 g/mol. The zero-order chi connectivity index (χ0) is 25.4. The first-order valence-corrected chi connectivity index (χ1v) is 9.88. The number of aromatic nitrogens is 2. The van der Waals surface area contributed by atoms with Crippen LogP contribution in [0.25, 0.3) is 0 Å². The third kappa shape index (κ3) is 8.04. The van der Waals surface area contributed by atoms with E-state index in [1.54, 1.807) is 6.92 Å². The maximum Gasteiger partial charge on any atom is 0.433 e. The first kappa shape index (κ1) is 28.4. The van der Waals surface area contributed by atoms with Crippen LogP contribution >= 0.6 is 23.2 Å². The molecule has 0 aliphatic heterocycles. The lowest BCUT2D eigenvalue weighted by atomic mass is 10.2. The van der Waals surface area contributed by atoms with Crippen molar-refractivity contribution in [2.24, 2.45) is 0 Å². The van der Waals surface area contributed by atoms with Crippen LogP contribution in [0.1, 0.15) is 50.4 Å². The highest BCUT2D eigenvalue weighted by atomic mass is 35.5. The molecule has 0 aromatic carbocycles. The Morgan fingerprint density at radius 1 is 0.818 bits per heavy atom. The van der Waals surface area contributed by atoms with E-state index in [4.69, 9.17) is 23.2 Å². The van der Waals surface area contributed by atoms with Gasteiger partial charge >= 0.3 is 24.3 Å². The quantitative estimate of drug-likeness (QED) is 0.288. The summed E-state index contributed by atoms with van der Waals surface area (Å²) < 4.78 is 83.0. The minimum atomic E-state index is -4.56. The summed E-state index contributed by atoms with van der Waals surface area (Å²) in [6, 6.07) is 3.45. The van der Waals surface area contributed by atoms with Crippen LogP contribution in [0.4, 0.5) is 26.3 Å². The van der Waals surface area contributed by atoms with Gasteiger partial charge in [0.25, 0.3) is 0 Å². The summed E-state index contributed by atoms with van der Waals surface area (Å²) in [4.78, 5) is 29.1. The largest absolute Gasteiger partial charge is 0.465 e. The maximum atomic E-state index is 12.4. The van der Waals surface area contributed by atoms with Crippen LogP contribution in [-0.4, -0.2) is 35.6 Å². The molecule has 0 atom stereocenters. The first-order chi connectivity index (χ1) is 15.3. The number of rotatable bonds is 5. The molecule has 33 heavy (non-hydrogen) atoms. The number of pyridine rings is 2. The molecule has 182 valence electrons. The third-order valence-electron chi connectivity index (χ3n) is 3.68. The number of hydrogen-bond acceptors (Lipinski definition) is 6. The Bertz CT molecular complexity index is 984. The summed E-state index contributed by atoms with van der Waals surface area (Å²) in [6.07, 6.45) is -9.12. The van der Waals surface area contributed by atoms with Crippen LogP contribution in [0.5, 0.6) is 0 Å². The van der Waals surface area contributed by atoms with Gasteiger partial charge in [-0.3, -0.25) is 0 Å². The number of halogens is 8. The van der Waals surface area contributed by atoms with Crippen molar-refractivity contribution in [3.8, 4) is 0 Å². The van der Waals surface area contributed by atoms with Crippen molar-refractivity contribution < 1.29 is 45.4 Å². The van der Waals surface area contributed by atoms with E-state index in [1.165, 1.54) is 0 Å². The van der Waals surface area contributed by atoms with Gasteiger partial charge in [0.15, 0.2) is 0 Å². The molecule has 0 radical (unpaired) electrons. The van der Waals surface area contributed by atoms with Gasteiger partial charge in [-0.15, -0.1) is 23.2 Å². The fourth-order valence-electron chi connectivity index (χ4n) is 2.21. The number of carbonyl (C=O) groups excluding carboxylic acids is 2. The van der Waals surface area contributed by atoms with E-state index in [0.29, 0.717) is 6.07 Å². The van der Waals surface area contributed by atoms with Gasteiger partial charge in [0.1, 0.15) is 11.4 Å². The molecule has 6 nitrogen and oxygen atoms in total. The normalized spacial score (nSPS) is 11.3. The lowest BCUT2D eigenvalue weighted by molar-refractivity contribution is -0.142. The molecule has 2 rings (SSSR count). The second-order valence-electron chi connectivity index (χ2n) is 5.86. The van der Waals surface area contributed by atoms with Crippen molar-refractivity contribution in [2.45, 2.75) is 31.0 Å². The van der Waals surface area contributed by atoms with Crippen LogP contribution in [0.2, 0.25) is 0 Å². The second kappa shape index (κ2) is 12.0. The summed E-state index contributed by atoms with van der Waals surface area (Å²) in [5.41, 5.74) is -2.57. The molecule has 14 heteroatoms. The zero-order valence-corrected chi connectivity index (χ0v) is 18.5. The Kier molecular flexibility index (Phi) is 10.4. The maximum absolute atomic E-state index is 12.4. The third-order valence-corrected chi connectivity index (χ3v) is 4.19. The molecule has 2 aromatic rings. The van der Waals surface area contributed by atoms with Gasteiger partial charge in [0, 0.05) is 0 Å². The molecule has 0 unspecified atom stereocenters. The number of carbonyl (C=O) groups is 2. The van der Waals surface area contributed by atoms with Crippen molar-refractivity contribution in [3.05, 3.63) is 58.2 Å². The lowest BCUT2D eigenvalue weighted by Crippen LogP contribution is -2.14. The van der Waals surface area contributed by atoms with Gasteiger partial charge < -0.3 is 9.47 Å². The van der Waals surface area contributed by atoms with Crippen LogP contribution in [0, 0.1) is 0 Å². The van der Waals surface area contributed by atoms with E-state index >= 15 is 0 Å². The van der Waals surface area contributed by atoms with E-state index in [9.17, 15) is 35.9 Å². The molecule has 0 aliphatic rings. The number of alkyl halides is 8. The Balaban J connectivity index is 0.000000331. The molecule has 2 aromatic heterocycles. The van der Waals surface area contributed by atoms with Gasteiger partial charge in [0.05, 0.1) is 48.0 Å². The topological polar surface area (TPSA) is 78.4 Å². The van der Waals surface area contributed by atoms with Gasteiger partial charge in [-0.05, 0) is 31.2 Å². The van der Waals surface area contributed by atoms with E-state index in [2.05, 4.69) is 19.4 Å². The first-order valence-electron chi connectivity index (χ1n) is 8.81. The number of nitrogens with zero attached hydrogens (tertiary/aromatic N) is 2. The SMILES string of the molecule is CCOC(=O)c1ccc(C(F)(F)F)nc1CCl.COC(=O)c1ccc(C(F)(F)F)nc1CCl. The van der Waals surface area contributed by atoms with E-state index < -0.39 is 35.7 Å². The Labute approximate surface area is 193 Å². The minimum Gasteiger partial charge on any atom is -0.465 e. The smallest absolute Gasteiger partial charge is 0.433 e. The molecule has 0 spiro atoms. The predicted octanol–water partition coefficient (Wildman–Crippen LogP) is 5.64. The molecule has 0 aliphatic carbocycles. The van der Waals surface area contributed by atoms with Crippen LogP contribution in [0.15, 0.2) is 24.3 Å². The molecule has 0 saturated carbocycles. The Morgan fingerprint density at radius 2 is 1.21 bits per heavy atom. The van der Waals surface area contributed by atoms with Crippen LogP contribution < -0.4 is 0 Å². The highest BCUT2D eigenvalue weighted by Gasteiger charge is 2.34. The van der Waals surface area contributed by atoms with Gasteiger partial charge in [-0.25, -0.2) is 19.6 Å². The molecule has 2 heterocycles. The highest BCUT2D eigenvalue weighted by Crippen LogP contribution is 2.29. The summed E-state index contributed by atoms with van der Waals surface area (Å²) in [5, 5.41) is 0. The van der Waals surface area contributed by atoms with Crippen LogP contribution in [-0.2, 0) is 33.6 Å². The predicted molar refractivity (Wildman–Crippen MR) is 105 cm³/mol. The van der Waals surface area contributed by atoms with Gasteiger partial charge in [0.2, 0.25) is 0 Å². The highest BCUT2D eigenvalue weighted by molar-refractivity contribution is 6.17. The fourth-order valence-corrected chi connectivity index (χ4v) is 2.62. The molecule has 0 saturated heterocycles. The summed E-state index contributed by atoms with van der Waals surface area (Å²) in [5.74, 6) is -2.09. The standard InChI is InChI=1S/C10H9ClF3NO2.C9H7ClF3NO2/c1-2-17-9(16)6-3-4-8(10(12,13)14)15-7(6)5-11;1-16-8(15)5-2-3-7(9(11,12)13)14-6(5)4-10/h3-4H,2,5H2,1H3;2-3H,4H2,1H3. The Hall–Kier alpha value is -2.60. The van der Waals surface area contributed by atoms with E-state index in [1.807, 2.05) is 0 Å². The summed E-state index contributed by atoms with van der Waals surface area (Å²) in [7, 11) is 1.12. The molecule has 0 amide bonds. The van der Waals surface area contributed by atoms with E-state index in [-0.39, 0.29) is 40.9 Å². The molecule has 0 bridgehead atoms. The number of ether oxygens (including phenoxy) is 2. The fraction of sp³-hybridized carbons (Fsp3) is 0.368.